The van der Waals surface area contributed by atoms with Gasteiger partial charge in [-0.1, -0.05) is 40.2 Å². The molecule has 0 saturated heterocycles. The van der Waals surface area contributed by atoms with Gasteiger partial charge in [0.2, 0.25) is 0 Å². The topological polar surface area (TPSA) is 23.8 Å². The molecule has 1 unspecified atom stereocenters. The van der Waals surface area contributed by atoms with Crippen LogP contribution in [-0.2, 0) is 18.3 Å². The highest BCUT2D eigenvalue weighted by Crippen LogP contribution is 2.41. The average molecular weight is 330 g/mol. The zero-order valence-electron chi connectivity index (χ0n) is 10.9. The summed E-state index contributed by atoms with van der Waals surface area (Å²) >= 11 is 3.37. The first-order valence-corrected chi connectivity index (χ1v) is 7.37. The molecule has 0 saturated carbocycles. The van der Waals surface area contributed by atoms with Crippen molar-refractivity contribution in [1.29, 1.82) is 5.26 Å². The van der Waals surface area contributed by atoms with Crippen molar-refractivity contribution in [2.75, 3.05) is 0 Å². The Morgan fingerprint density at radius 3 is 2.85 bits per heavy atom. The van der Waals surface area contributed by atoms with E-state index in [1.54, 1.807) is 12.1 Å². The summed E-state index contributed by atoms with van der Waals surface area (Å²) in [6.45, 7) is 0. The van der Waals surface area contributed by atoms with Gasteiger partial charge in [-0.15, -0.1) is 0 Å². The third-order valence-electron chi connectivity index (χ3n) is 4.07. The summed E-state index contributed by atoms with van der Waals surface area (Å²) in [7, 11) is 0. The van der Waals surface area contributed by atoms with E-state index in [-0.39, 0.29) is 5.82 Å². The van der Waals surface area contributed by atoms with E-state index < -0.39 is 5.41 Å². The molecule has 3 heteroatoms. The maximum atomic E-state index is 14.0. The molecule has 1 nitrogen and oxygen atoms in total. The van der Waals surface area contributed by atoms with Gasteiger partial charge in [0.05, 0.1) is 11.5 Å². The number of nitrogens with zero attached hydrogens (tertiary/aromatic N) is 1. The van der Waals surface area contributed by atoms with Gasteiger partial charge in [0.15, 0.2) is 0 Å². The van der Waals surface area contributed by atoms with Crippen molar-refractivity contribution in [3.8, 4) is 6.07 Å². The predicted molar refractivity (Wildman–Crippen MR) is 79.9 cm³/mol. The highest BCUT2D eigenvalue weighted by molar-refractivity contribution is 9.10. The van der Waals surface area contributed by atoms with Gasteiger partial charge in [-0.25, -0.2) is 4.39 Å². The summed E-state index contributed by atoms with van der Waals surface area (Å²) in [5, 5.41) is 9.70. The summed E-state index contributed by atoms with van der Waals surface area (Å²) in [4.78, 5) is 0. The first kappa shape index (κ1) is 13.3. The molecule has 0 aliphatic heterocycles. The summed E-state index contributed by atoms with van der Waals surface area (Å²) in [6.07, 6.45) is 2.07. The zero-order chi connectivity index (χ0) is 14.2. The van der Waals surface area contributed by atoms with Gasteiger partial charge in [-0.3, -0.25) is 0 Å². The van der Waals surface area contributed by atoms with E-state index in [1.807, 2.05) is 18.2 Å². The van der Waals surface area contributed by atoms with Gasteiger partial charge in [-0.2, -0.15) is 5.26 Å². The Hall–Kier alpha value is -1.66. The Kier molecular flexibility index (Phi) is 3.35. The van der Waals surface area contributed by atoms with Gasteiger partial charge in [0, 0.05) is 4.47 Å². The lowest BCUT2D eigenvalue weighted by molar-refractivity contribution is 0.517. The van der Waals surface area contributed by atoms with Crippen LogP contribution in [0, 0.1) is 17.1 Å². The molecule has 0 heterocycles. The maximum absolute atomic E-state index is 14.0. The van der Waals surface area contributed by atoms with Crippen LogP contribution in [0.3, 0.4) is 0 Å². The molecule has 0 amide bonds. The zero-order valence-corrected chi connectivity index (χ0v) is 12.5. The van der Waals surface area contributed by atoms with Gasteiger partial charge >= 0.3 is 0 Å². The minimum Gasteiger partial charge on any atom is -0.207 e. The van der Waals surface area contributed by atoms with E-state index in [2.05, 4.69) is 28.1 Å². The second-order valence-corrected chi connectivity index (χ2v) is 6.18. The highest BCUT2D eigenvalue weighted by atomic mass is 79.9. The van der Waals surface area contributed by atoms with Crippen LogP contribution in [-0.4, -0.2) is 0 Å². The quantitative estimate of drug-likeness (QED) is 0.793. The monoisotopic (exact) mass is 329 g/mol. The Labute approximate surface area is 126 Å². The standard InChI is InChI=1S/C17H13BrFN/c18-14-5-6-16(19)13(9-14)10-17(11-20)8-7-12-3-1-2-4-15(12)17/h1-6,9H,7-8,10H2. The molecule has 3 rings (SSSR count). The van der Waals surface area contributed by atoms with Crippen LogP contribution in [0.15, 0.2) is 46.9 Å². The van der Waals surface area contributed by atoms with Crippen LogP contribution < -0.4 is 0 Å². The third-order valence-corrected chi connectivity index (χ3v) is 4.56. The molecule has 0 aromatic heterocycles. The smallest absolute Gasteiger partial charge is 0.126 e. The van der Waals surface area contributed by atoms with E-state index in [0.29, 0.717) is 12.0 Å². The fraction of sp³-hybridized carbons (Fsp3) is 0.235. The lowest BCUT2D eigenvalue weighted by Crippen LogP contribution is -2.24. The Morgan fingerprint density at radius 1 is 1.25 bits per heavy atom. The van der Waals surface area contributed by atoms with Crippen LogP contribution in [0.2, 0.25) is 0 Å². The van der Waals surface area contributed by atoms with Crippen molar-refractivity contribution in [1.82, 2.24) is 0 Å². The first-order chi connectivity index (χ1) is 9.64. The van der Waals surface area contributed by atoms with Crippen molar-refractivity contribution < 1.29 is 4.39 Å². The summed E-state index contributed by atoms with van der Waals surface area (Å²) in [5.41, 5.74) is 2.27. The van der Waals surface area contributed by atoms with Gasteiger partial charge in [0.25, 0.3) is 0 Å². The molecule has 100 valence electrons. The van der Waals surface area contributed by atoms with E-state index in [9.17, 15) is 9.65 Å². The van der Waals surface area contributed by atoms with Crippen molar-refractivity contribution in [3.05, 3.63) is 69.4 Å². The minimum atomic E-state index is -0.599. The van der Waals surface area contributed by atoms with Crippen LogP contribution in [0.1, 0.15) is 23.1 Å². The predicted octanol–water partition coefficient (Wildman–Crippen LogP) is 4.54. The molecule has 0 N–H and O–H groups in total. The normalized spacial score (nSPS) is 20.4. The molecular weight excluding hydrogens is 317 g/mol. The van der Waals surface area contributed by atoms with Crippen LogP contribution in [0.4, 0.5) is 4.39 Å². The van der Waals surface area contributed by atoms with Gasteiger partial charge < -0.3 is 0 Å². The van der Waals surface area contributed by atoms with E-state index in [0.717, 1.165) is 22.9 Å². The number of rotatable bonds is 2. The molecule has 2 aromatic carbocycles. The third kappa shape index (κ3) is 2.14. The number of benzene rings is 2. The first-order valence-electron chi connectivity index (χ1n) is 6.58. The second-order valence-electron chi connectivity index (χ2n) is 5.26. The summed E-state index contributed by atoms with van der Waals surface area (Å²) in [6, 6.07) is 15.4. The number of aryl methyl sites for hydroxylation is 1. The summed E-state index contributed by atoms with van der Waals surface area (Å²) in [5.74, 6) is -0.243. The molecule has 1 aliphatic carbocycles. The van der Waals surface area contributed by atoms with Gasteiger partial charge in [-0.05, 0) is 54.2 Å². The number of fused-ring (bicyclic) bond motifs is 1. The number of hydrogen-bond donors (Lipinski definition) is 0. The van der Waals surface area contributed by atoms with Gasteiger partial charge in [0.1, 0.15) is 5.82 Å². The van der Waals surface area contributed by atoms with E-state index in [4.69, 9.17) is 0 Å². The van der Waals surface area contributed by atoms with Crippen molar-refractivity contribution >= 4 is 15.9 Å². The SMILES string of the molecule is N#CC1(Cc2cc(Br)ccc2F)CCc2ccccc21. The Bertz CT molecular complexity index is 704. The lowest BCUT2D eigenvalue weighted by Gasteiger charge is -2.22. The number of halogens is 2. The molecule has 0 bridgehead atoms. The van der Waals surface area contributed by atoms with Crippen molar-refractivity contribution in [2.24, 2.45) is 0 Å². The highest BCUT2D eigenvalue weighted by Gasteiger charge is 2.39. The molecule has 1 atom stereocenters. The number of nitriles is 1. The largest absolute Gasteiger partial charge is 0.207 e. The lowest BCUT2D eigenvalue weighted by atomic mass is 9.78. The maximum Gasteiger partial charge on any atom is 0.126 e. The van der Waals surface area contributed by atoms with Crippen molar-refractivity contribution in [3.63, 3.8) is 0 Å². The van der Waals surface area contributed by atoms with Crippen LogP contribution in [0.5, 0.6) is 0 Å². The molecular formula is C17H13BrFN. The molecule has 20 heavy (non-hydrogen) atoms. The fourth-order valence-electron chi connectivity index (χ4n) is 3.03. The molecule has 2 aromatic rings. The van der Waals surface area contributed by atoms with Crippen LogP contribution in [0.25, 0.3) is 0 Å². The Balaban J connectivity index is 2.05. The average Bonchev–Trinajstić information content (AvgIpc) is 2.83. The summed E-state index contributed by atoms with van der Waals surface area (Å²) < 4.78 is 14.8. The Morgan fingerprint density at radius 2 is 2.05 bits per heavy atom. The second kappa shape index (κ2) is 5.03. The molecule has 0 spiro atoms. The van der Waals surface area contributed by atoms with Crippen molar-refractivity contribution in [2.45, 2.75) is 24.7 Å². The van der Waals surface area contributed by atoms with Crippen LogP contribution >= 0.6 is 15.9 Å². The number of hydrogen-bond acceptors (Lipinski definition) is 1. The molecule has 1 aliphatic rings. The molecule has 0 fully saturated rings. The van der Waals surface area contributed by atoms with E-state index >= 15 is 0 Å². The fourth-order valence-corrected chi connectivity index (χ4v) is 3.44. The van der Waals surface area contributed by atoms with E-state index in [1.165, 1.54) is 11.6 Å². The minimum absolute atomic E-state index is 0.243. The molecule has 0 radical (unpaired) electrons.